The number of thiophene rings is 1. The number of pyridine rings is 1. The van der Waals surface area contributed by atoms with E-state index in [2.05, 4.69) is 105 Å². The lowest BCUT2D eigenvalue weighted by atomic mass is 10.0. The van der Waals surface area contributed by atoms with Crippen molar-refractivity contribution in [2.75, 3.05) is 0 Å². The quantitative estimate of drug-likeness (QED) is 0.180. The normalized spacial score (nSPS) is 11.6. The highest BCUT2D eigenvalue weighted by Crippen LogP contribution is 2.43. The predicted octanol–water partition coefficient (Wildman–Crippen LogP) is 11.7. The Balaban J connectivity index is 1.20. The van der Waals surface area contributed by atoms with Gasteiger partial charge in [0.25, 0.3) is 0 Å². The van der Waals surface area contributed by atoms with Crippen molar-refractivity contribution in [1.29, 1.82) is 5.26 Å². The van der Waals surface area contributed by atoms with E-state index in [9.17, 15) is 5.26 Å². The SMILES string of the molecule is [C-]#[N+]c1cc(-c2cccc(-n3c4cccnc4c4c5c(ccc43)sc3ccccc35)c2)cc(-n2c3ccccc3c3cc(C#N)ccc32)c1. The van der Waals surface area contributed by atoms with Crippen LogP contribution in [0.5, 0.6) is 0 Å². The van der Waals surface area contributed by atoms with Gasteiger partial charge in [-0.1, -0.05) is 48.5 Å². The summed E-state index contributed by atoms with van der Waals surface area (Å²) in [5, 5.41) is 15.4. The van der Waals surface area contributed by atoms with Crippen LogP contribution in [0.1, 0.15) is 5.56 Å². The van der Waals surface area contributed by atoms with Crippen molar-refractivity contribution in [3.63, 3.8) is 0 Å². The van der Waals surface area contributed by atoms with Gasteiger partial charge in [0, 0.05) is 53.9 Å². The predicted molar refractivity (Wildman–Crippen MR) is 202 cm³/mol. The fourth-order valence-electron chi connectivity index (χ4n) is 7.51. The molecule has 0 fully saturated rings. The first kappa shape index (κ1) is 27.4. The molecule has 0 saturated carbocycles. The molecule has 0 bridgehead atoms. The number of nitrogens with zero attached hydrogens (tertiary/aromatic N) is 5. The van der Waals surface area contributed by atoms with Crippen molar-refractivity contribution in [2.45, 2.75) is 0 Å². The molecule has 0 atom stereocenters. The van der Waals surface area contributed by atoms with E-state index in [1.807, 2.05) is 66.1 Å². The summed E-state index contributed by atoms with van der Waals surface area (Å²) in [6.07, 6.45) is 1.88. The Kier molecular flexibility index (Phi) is 5.81. The topological polar surface area (TPSA) is 50.9 Å². The van der Waals surface area contributed by atoms with Crippen molar-refractivity contribution < 1.29 is 0 Å². The van der Waals surface area contributed by atoms with Crippen LogP contribution in [0, 0.1) is 17.9 Å². The zero-order valence-corrected chi connectivity index (χ0v) is 26.7. The van der Waals surface area contributed by atoms with Crippen molar-refractivity contribution in [1.82, 2.24) is 14.1 Å². The maximum atomic E-state index is 9.62. The second-order valence-corrected chi connectivity index (χ2v) is 13.3. The molecule has 6 aromatic carbocycles. The van der Waals surface area contributed by atoms with Crippen molar-refractivity contribution in [3.05, 3.63) is 157 Å². The first-order valence-electron chi connectivity index (χ1n) is 16.0. The van der Waals surface area contributed by atoms with E-state index >= 15 is 0 Å². The van der Waals surface area contributed by atoms with Crippen molar-refractivity contribution >= 4 is 80.9 Å². The first-order valence-corrected chi connectivity index (χ1v) is 16.8. The molecular formula is C43H23N5S. The van der Waals surface area contributed by atoms with Crippen LogP contribution in [0.15, 0.2) is 140 Å². The van der Waals surface area contributed by atoms with Crippen molar-refractivity contribution in [2.24, 2.45) is 0 Å². The van der Waals surface area contributed by atoms with Gasteiger partial charge in [-0.3, -0.25) is 4.98 Å². The molecule has 4 heterocycles. The molecule has 0 aliphatic heterocycles. The van der Waals surface area contributed by atoms with Crippen LogP contribution in [0.3, 0.4) is 0 Å². The lowest BCUT2D eigenvalue weighted by Crippen LogP contribution is -1.96. The minimum atomic E-state index is 0.560. The molecule has 49 heavy (non-hydrogen) atoms. The molecular weight excluding hydrogens is 619 g/mol. The molecule has 0 saturated heterocycles. The summed E-state index contributed by atoms with van der Waals surface area (Å²) >= 11 is 1.82. The standard InChI is InChI=1S/C43H23N5S/c1-45-29-21-28(23-31(24-29)48-35-12-4-2-10-32(35)34-20-26(25-44)15-16-36(34)48)27-8-6-9-30(22-27)47-37-17-18-40-41(33-11-3-5-14-39(33)49-40)42(37)43-38(47)13-7-19-46-43/h2-24H. The van der Waals surface area contributed by atoms with Gasteiger partial charge < -0.3 is 9.13 Å². The number of nitriles is 1. The smallest absolute Gasteiger partial charge is 0.189 e. The molecule has 0 aliphatic carbocycles. The van der Waals surface area contributed by atoms with Gasteiger partial charge >= 0.3 is 0 Å². The molecule has 10 aromatic rings. The highest BCUT2D eigenvalue weighted by Gasteiger charge is 2.19. The fraction of sp³-hybridized carbons (Fsp3) is 0. The summed E-state index contributed by atoms with van der Waals surface area (Å²) in [4.78, 5) is 8.82. The van der Waals surface area contributed by atoms with Gasteiger partial charge in [0.05, 0.1) is 45.8 Å². The van der Waals surface area contributed by atoms with Gasteiger partial charge in [0.1, 0.15) is 0 Å². The monoisotopic (exact) mass is 641 g/mol. The van der Waals surface area contributed by atoms with Crippen LogP contribution in [0.2, 0.25) is 0 Å². The maximum Gasteiger partial charge on any atom is 0.189 e. The zero-order valence-electron chi connectivity index (χ0n) is 25.9. The minimum Gasteiger partial charge on any atom is -0.310 e. The summed E-state index contributed by atoms with van der Waals surface area (Å²) in [5.74, 6) is 0. The van der Waals surface area contributed by atoms with Gasteiger partial charge in [0.15, 0.2) is 5.69 Å². The third-order valence-corrected chi connectivity index (χ3v) is 10.7. The molecule has 0 amide bonds. The molecule has 226 valence electrons. The molecule has 4 aromatic heterocycles. The van der Waals surface area contributed by atoms with E-state index in [1.54, 1.807) is 0 Å². The van der Waals surface area contributed by atoms with E-state index in [4.69, 9.17) is 11.6 Å². The Morgan fingerprint density at radius 3 is 2.27 bits per heavy atom. The molecule has 6 heteroatoms. The number of hydrogen-bond acceptors (Lipinski definition) is 3. The minimum absolute atomic E-state index is 0.560. The van der Waals surface area contributed by atoms with Gasteiger partial charge in [0.2, 0.25) is 0 Å². The van der Waals surface area contributed by atoms with Crippen LogP contribution < -0.4 is 0 Å². The molecule has 5 nitrogen and oxygen atoms in total. The average molecular weight is 642 g/mol. The number of fused-ring (bicyclic) bond motifs is 10. The fourth-order valence-corrected chi connectivity index (χ4v) is 8.62. The summed E-state index contributed by atoms with van der Waals surface area (Å²) in [5.41, 5.74) is 10.2. The van der Waals surface area contributed by atoms with Gasteiger partial charge in [-0.25, -0.2) is 4.85 Å². The third kappa shape index (κ3) is 3.99. The van der Waals surface area contributed by atoms with E-state index in [0.29, 0.717) is 11.3 Å². The summed E-state index contributed by atoms with van der Waals surface area (Å²) in [6.45, 7) is 8.02. The number of benzene rings is 6. The van der Waals surface area contributed by atoms with Crippen LogP contribution >= 0.6 is 11.3 Å². The van der Waals surface area contributed by atoms with Gasteiger partial charge in [-0.2, -0.15) is 5.26 Å². The lowest BCUT2D eigenvalue weighted by Gasteiger charge is -2.13. The van der Waals surface area contributed by atoms with Crippen LogP contribution in [0.25, 0.3) is 91.3 Å². The Labute approximate surface area is 284 Å². The lowest BCUT2D eigenvalue weighted by molar-refractivity contribution is 1.17. The van der Waals surface area contributed by atoms with E-state index in [1.165, 1.54) is 25.6 Å². The Morgan fingerprint density at radius 2 is 1.37 bits per heavy atom. The van der Waals surface area contributed by atoms with Crippen molar-refractivity contribution in [3.8, 4) is 28.6 Å². The molecule has 0 radical (unpaired) electrons. The second kappa shape index (κ2) is 10.4. The maximum absolute atomic E-state index is 9.62. The van der Waals surface area contributed by atoms with Crippen LogP contribution in [-0.4, -0.2) is 14.1 Å². The Morgan fingerprint density at radius 1 is 0.592 bits per heavy atom. The second-order valence-electron chi connectivity index (χ2n) is 12.2. The molecule has 0 unspecified atom stereocenters. The highest BCUT2D eigenvalue weighted by molar-refractivity contribution is 7.26. The average Bonchev–Trinajstić information content (AvgIpc) is 3.82. The van der Waals surface area contributed by atoms with E-state index < -0.39 is 0 Å². The summed E-state index contributed by atoms with van der Waals surface area (Å²) in [6, 6.07) is 48.1. The largest absolute Gasteiger partial charge is 0.310 e. The van der Waals surface area contributed by atoms with E-state index in [-0.39, 0.29) is 0 Å². The number of aromatic nitrogens is 3. The first-order chi connectivity index (χ1) is 24.2. The van der Waals surface area contributed by atoms with Gasteiger partial charge in [-0.05, 0) is 96.1 Å². The Hall–Kier alpha value is -6.73. The number of para-hydroxylation sites is 1. The zero-order chi connectivity index (χ0) is 32.6. The summed E-state index contributed by atoms with van der Waals surface area (Å²) in [7, 11) is 0. The van der Waals surface area contributed by atoms with E-state index in [0.717, 1.165) is 60.9 Å². The highest BCUT2D eigenvalue weighted by atomic mass is 32.1. The molecule has 0 aliphatic rings. The molecule has 0 N–H and O–H groups in total. The van der Waals surface area contributed by atoms with Crippen LogP contribution in [0.4, 0.5) is 5.69 Å². The summed E-state index contributed by atoms with van der Waals surface area (Å²) < 4.78 is 7.03. The molecule has 10 rings (SSSR count). The Bertz CT molecular complexity index is 3090. The third-order valence-electron chi connectivity index (χ3n) is 9.56. The van der Waals surface area contributed by atoms with Gasteiger partial charge in [-0.15, -0.1) is 11.3 Å². The number of hydrogen-bond donors (Lipinski definition) is 0. The van der Waals surface area contributed by atoms with Crippen LogP contribution in [-0.2, 0) is 0 Å². The molecule has 0 spiro atoms. The number of rotatable bonds is 3.